The minimum atomic E-state index is -2.87. The summed E-state index contributed by atoms with van der Waals surface area (Å²) in [5.74, 6) is 0.811. The first-order valence-electron chi connectivity index (χ1n) is 9.99. The molecule has 3 saturated heterocycles. The van der Waals surface area contributed by atoms with Crippen molar-refractivity contribution in [3.8, 4) is 0 Å². The topological polar surface area (TPSA) is 78.0 Å². The second-order valence-electron chi connectivity index (χ2n) is 7.96. The van der Waals surface area contributed by atoms with E-state index in [0.29, 0.717) is 38.4 Å². The van der Waals surface area contributed by atoms with E-state index in [-0.39, 0.29) is 29.5 Å². The number of piperazine rings is 1. The zero-order valence-electron chi connectivity index (χ0n) is 16.0. The van der Waals surface area contributed by atoms with Gasteiger partial charge in [-0.15, -0.1) is 11.3 Å². The van der Waals surface area contributed by atoms with Crippen LogP contribution in [0, 0.1) is 5.92 Å². The van der Waals surface area contributed by atoms with Crippen LogP contribution in [-0.2, 0) is 14.6 Å². The van der Waals surface area contributed by atoms with Gasteiger partial charge in [0.2, 0.25) is 5.91 Å². The molecule has 1 aromatic heterocycles. The Labute approximate surface area is 170 Å². The molecule has 0 radical (unpaired) electrons. The summed E-state index contributed by atoms with van der Waals surface area (Å²) in [4.78, 5) is 32.1. The lowest BCUT2D eigenvalue weighted by molar-refractivity contribution is -0.139. The fraction of sp³-hybridized carbons (Fsp3) is 0.684. The maximum absolute atomic E-state index is 12.9. The van der Waals surface area contributed by atoms with E-state index in [1.165, 1.54) is 11.3 Å². The molecule has 0 unspecified atom stereocenters. The Bertz CT molecular complexity index is 808. The van der Waals surface area contributed by atoms with Gasteiger partial charge in [-0.1, -0.05) is 6.07 Å². The van der Waals surface area contributed by atoms with Crippen molar-refractivity contribution >= 4 is 33.0 Å². The van der Waals surface area contributed by atoms with Crippen LogP contribution in [0.25, 0.3) is 0 Å². The van der Waals surface area contributed by atoms with Crippen molar-refractivity contribution in [3.05, 3.63) is 22.4 Å². The molecule has 2 amide bonds. The minimum Gasteiger partial charge on any atom is -0.340 e. The highest BCUT2D eigenvalue weighted by Crippen LogP contribution is 2.24. The highest BCUT2D eigenvalue weighted by Gasteiger charge is 2.36. The van der Waals surface area contributed by atoms with Crippen LogP contribution in [0.5, 0.6) is 0 Å². The number of carbonyl (C=O) groups is 2. The summed E-state index contributed by atoms with van der Waals surface area (Å²) in [6, 6.07) is 3.85. The van der Waals surface area contributed by atoms with Crippen LogP contribution in [0.3, 0.4) is 0 Å². The molecule has 0 bridgehead atoms. The molecule has 3 aliphatic heterocycles. The second kappa shape index (κ2) is 8.12. The average Bonchev–Trinajstić information content (AvgIpc) is 3.37. The molecule has 1 atom stereocenters. The Morgan fingerprint density at radius 1 is 0.964 bits per heavy atom. The molecule has 3 fully saturated rings. The van der Waals surface area contributed by atoms with Crippen molar-refractivity contribution in [1.82, 2.24) is 14.7 Å². The van der Waals surface area contributed by atoms with Gasteiger partial charge < -0.3 is 9.80 Å². The average molecular weight is 426 g/mol. The molecule has 0 aliphatic carbocycles. The molecule has 0 saturated carbocycles. The lowest BCUT2D eigenvalue weighted by Gasteiger charge is -2.40. The quantitative estimate of drug-likeness (QED) is 0.720. The number of amides is 2. The molecule has 1 aromatic rings. The summed E-state index contributed by atoms with van der Waals surface area (Å²) in [5.41, 5.74) is 0. The third-order valence-electron chi connectivity index (χ3n) is 6.21. The van der Waals surface area contributed by atoms with Crippen molar-refractivity contribution in [2.75, 3.05) is 50.8 Å². The number of hydrogen-bond donors (Lipinski definition) is 0. The van der Waals surface area contributed by atoms with Crippen LogP contribution in [0.15, 0.2) is 17.5 Å². The summed E-state index contributed by atoms with van der Waals surface area (Å²) in [6.45, 7) is 4.11. The predicted molar refractivity (Wildman–Crippen MR) is 108 cm³/mol. The third kappa shape index (κ3) is 4.26. The first-order chi connectivity index (χ1) is 13.4. The fourth-order valence-corrected chi connectivity index (χ4v) is 6.97. The van der Waals surface area contributed by atoms with Crippen LogP contribution in [0.2, 0.25) is 0 Å². The van der Waals surface area contributed by atoms with Crippen molar-refractivity contribution in [1.29, 1.82) is 0 Å². The number of rotatable bonds is 3. The molecule has 3 aliphatic rings. The van der Waals surface area contributed by atoms with Crippen LogP contribution in [0.4, 0.5) is 0 Å². The van der Waals surface area contributed by atoms with Crippen molar-refractivity contribution < 1.29 is 18.0 Å². The van der Waals surface area contributed by atoms with Crippen LogP contribution in [0.1, 0.15) is 28.9 Å². The zero-order valence-corrected chi connectivity index (χ0v) is 17.6. The molecule has 4 rings (SSSR count). The van der Waals surface area contributed by atoms with Crippen LogP contribution >= 0.6 is 11.3 Å². The second-order valence-corrected chi connectivity index (χ2v) is 11.1. The van der Waals surface area contributed by atoms with E-state index in [1.54, 1.807) is 0 Å². The van der Waals surface area contributed by atoms with Gasteiger partial charge in [-0.25, -0.2) is 8.42 Å². The number of likely N-dealkylation sites (tertiary alicyclic amines) is 1. The van der Waals surface area contributed by atoms with Crippen LogP contribution < -0.4 is 0 Å². The Morgan fingerprint density at radius 3 is 2.25 bits per heavy atom. The van der Waals surface area contributed by atoms with E-state index in [2.05, 4.69) is 4.90 Å². The molecule has 0 N–H and O–H groups in total. The Kier molecular flexibility index (Phi) is 5.76. The van der Waals surface area contributed by atoms with Gasteiger partial charge in [0, 0.05) is 51.2 Å². The number of sulfone groups is 1. The standard InChI is InChI=1S/C19H27N3O4S2/c23-18(15-3-6-21(7-4-15)19(24)17-2-1-12-27-17)22-10-8-20(9-11-22)16-5-13-28(25,26)14-16/h1-2,12,15-16H,3-11,13-14H2/t16-/m0/s1. The normalized spacial score (nSPS) is 26.5. The first kappa shape index (κ1) is 19.8. The highest BCUT2D eigenvalue weighted by molar-refractivity contribution is 7.91. The number of thiophene rings is 1. The number of nitrogens with zero attached hydrogens (tertiary/aromatic N) is 3. The van der Waals surface area contributed by atoms with Gasteiger partial charge in [0.1, 0.15) is 0 Å². The summed E-state index contributed by atoms with van der Waals surface area (Å²) >= 11 is 1.46. The van der Waals surface area contributed by atoms with E-state index in [4.69, 9.17) is 0 Å². The van der Waals surface area contributed by atoms with Gasteiger partial charge in [0.25, 0.3) is 5.91 Å². The monoisotopic (exact) mass is 425 g/mol. The van der Waals surface area contributed by atoms with E-state index in [0.717, 1.165) is 30.8 Å². The van der Waals surface area contributed by atoms with Crippen molar-refractivity contribution in [2.45, 2.75) is 25.3 Å². The molecule has 4 heterocycles. The van der Waals surface area contributed by atoms with E-state index >= 15 is 0 Å². The van der Waals surface area contributed by atoms with E-state index in [9.17, 15) is 18.0 Å². The van der Waals surface area contributed by atoms with Gasteiger partial charge in [-0.3, -0.25) is 14.5 Å². The first-order valence-corrected chi connectivity index (χ1v) is 12.7. The highest BCUT2D eigenvalue weighted by atomic mass is 32.2. The lowest BCUT2D eigenvalue weighted by atomic mass is 9.94. The number of piperidine rings is 1. The smallest absolute Gasteiger partial charge is 0.263 e. The number of carbonyl (C=O) groups excluding carboxylic acids is 2. The summed E-state index contributed by atoms with van der Waals surface area (Å²) < 4.78 is 23.4. The van der Waals surface area contributed by atoms with Crippen molar-refractivity contribution in [3.63, 3.8) is 0 Å². The maximum atomic E-state index is 12.9. The molecular weight excluding hydrogens is 398 g/mol. The van der Waals surface area contributed by atoms with Gasteiger partial charge in [0.15, 0.2) is 9.84 Å². The Balaban J connectivity index is 1.24. The zero-order chi connectivity index (χ0) is 19.7. The molecule has 154 valence electrons. The molecule has 7 nitrogen and oxygen atoms in total. The van der Waals surface area contributed by atoms with Gasteiger partial charge in [-0.05, 0) is 30.7 Å². The summed E-state index contributed by atoms with van der Waals surface area (Å²) in [7, 11) is -2.87. The Morgan fingerprint density at radius 2 is 1.68 bits per heavy atom. The molecule has 0 aromatic carbocycles. The maximum Gasteiger partial charge on any atom is 0.263 e. The third-order valence-corrected chi connectivity index (χ3v) is 8.82. The molecule has 28 heavy (non-hydrogen) atoms. The minimum absolute atomic E-state index is 0.00852. The van der Waals surface area contributed by atoms with Gasteiger partial charge in [-0.2, -0.15) is 0 Å². The molecule has 0 spiro atoms. The SMILES string of the molecule is O=C(c1cccs1)N1CCC(C(=O)N2CCN([C@H]3CCS(=O)(=O)C3)CC2)CC1. The fourth-order valence-electron chi connectivity index (χ4n) is 4.51. The van der Waals surface area contributed by atoms with E-state index < -0.39 is 9.84 Å². The van der Waals surface area contributed by atoms with E-state index in [1.807, 2.05) is 27.3 Å². The predicted octanol–water partition coefficient (Wildman–Crippen LogP) is 0.932. The lowest BCUT2D eigenvalue weighted by Crippen LogP contribution is -2.54. The Hall–Kier alpha value is -1.45. The largest absolute Gasteiger partial charge is 0.340 e. The molecular formula is C19H27N3O4S2. The van der Waals surface area contributed by atoms with Gasteiger partial charge in [0.05, 0.1) is 16.4 Å². The number of hydrogen-bond acceptors (Lipinski definition) is 6. The summed E-state index contributed by atoms with van der Waals surface area (Å²) in [5, 5.41) is 1.91. The van der Waals surface area contributed by atoms with Crippen molar-refractivity contribution in [2.24, 2.45) is 5.92 Å². The van der Waals surface area contributed by atoms with Crippen LogP contribution in [-0.4, -0.2) is 91.7 Å². The molecule has 9 heteroatoms. The van der Waals surface area contributed by atoms with Gasteiger partial charge >= 0.3 is 0 Å². The summed E-state index contributed by atoms with van der Waals surface area (Å²) in [6.07, 6.45) is 2.15.